The molecule has 0 nitrogen and oxygen atoms in total. The van der Waals surface area contributed by atoms with Gasteiger partial charge in [-0.2, -0.15) is 0 Å². The highest BCUT2D eigenvalue weighted by molar-refractivity contribution is 7.26. The lowest BCUT2D eigenvalue weighted by molar-refractivity contribution is 1.67. The molecule has 0 spiro atoms. The predicted octanol–water partition coefficient (Wildman–Crippen LogP) is 17.2. The molecule has 0 aliphatic carbocycles. The van der Waals surface area contributed by atoms with Crippen molar-refractivity contribution in [3.05, 3.63) is 194 Å². The van der Waals surface area contributed by atoms with Crippen molar-refractivity contribution in [2.45, 2.75) is 0 Å². The Kier molecular flexibility index (Phi) is 6.86. The summed E-state index contributed by atoms with van der Waals surface area (Å²) in [6.07, 6.45) is 0. The van der Waals surface area contributed by atoms with E-state index < -0.39 is 0 Å². The van der Waals surface area contributed by atoms with Crippen molar-refractivity contribution in [2.24, 2.45) is 0 Å². The second-order valence-corrected chi connectivity index (χ2v) is 17.7. The highest BCUT2D eigenvalue weighted by Crippen LogP contribution is 2.48. The van der Waals surface area contributed by atoms with E-state index in [1.165, 1.54) is 128 Å². The first-order chi connectivity index (χ1) is 28.7. The molecule has 0 saturated carbocycles. The molecule has 0 saturated heterocycles. The summed E-state index contributed by atoms with van der Waals surface area (Å²) in [6, 6.07) is 72.8. The van der Waals surface area contributed by atoms with Crippen LogP contribution in [0.15, 0.2) is 194 Å². The molecule has 2 heteroatoms. The van der Waals surface area contributed by atoms with Crippen LogP contribution >= 0.6 is 22.7 Å². The SMILES string of the molecule is c1ccc2c(-c3c4ccccc4c(-c4ccc(-c5ccc6sc7cc8cc9sc%10ccccc%10c9cc8cc7c6c5)c5ccccc45)c4ccccc34)cccc2c1. The molecule has 0 N–H and O–H groups in total. The average Bonchev–Trinajstić information content (AvgIpc) is 3.82. The van der Waals surface area contributed by atoms with Gasteiger partial charge in [0.05, 0.1) is 0 Å². The molecule has 2 heterocycles. The number of rotatable bonds is 3. The average molecular weight is 769 g/mol. The normalized spacial score (nSPS) is 12.1. The summed E-state index contributed by atoms with van der Waals surface area (Å²) in [4.78, 5) is 0. The van der Waals surface area contributed by atoms with Gasteiger partial charge >= 0.3 is 0 Å². The van der Waals surface area contributed by atoms with Crippen LogP contribution < -0.4 is 0 Å². The van der Waals surface area contributed by atoms with Crippen molar-refractivity contribution in [2.75, 3.05) is 0 Å². The van der Waals surface area contributed by atoms with Gasteiger partial charge < -0.3 is 0 Å². The highest BCUT2D eigenvalue weighted by Gasteiger charge is 2.20. The maximum Gasteiger partial charge on any atom is 0.0361 e. The van der Waals surface area contributed by atoms with Crippen molar-refractivity contribution in [1.82, 2.24) is 0 Å². The summed E-state index contributed by atoms with van der Waals surface area (Å²) >= 11 is 3.79. The Balaban J connectivity index is 1.02. The lowest BCUT2D eigenvalue weighted by atomic mass is 9.83. The maximum atomic E-state index is 2.43. The smallest absolute Gasteiger partial charge is 0.0361 e. The van der Waals surface area contributed by atoms with E-state index in [2.05, 4.69) is 194 Å². The van der Waals surface area contributed by atoms with Gasteiger partial charge in [0, 0.05) is 40.3 Å². The van der Waals surface area contributed by atoms with E-state index in [0.29, 0.717) is 0 Å². The van der Waals surface area contributed by atoms with Gasteiger partial charge in [0.25, 0.3) is 0 Å². The molecule has 0 fully saturated rings. The minimum atomic E-state index is 1.25. The summed E-state index contributed by atoms with van der Waals surface area (Å²) in [5.41, 5.74) is 7.62. The minimum absolute atomic E-state index is 1.25. The van der Waals surface area contributed by atoms with Gasteiger partial charge in [-0.1, -0.05) is 152 Å². The van der Waals surface area contributed by atoms with Crippen LogP contribution in [-0.2, 0) is 0 Å². The topological polar surface area (TPSA) is 0 Å². The van der Waals surface area contributed by atoms with Crippen LogP contribution in [0.25, 0.3) is 128 Å². The Morgan fingerprint density at radius 2 is 0.672 bits per heavy atom. The Morgan fingerprint density at radius 3 is 1.34 bits per heavy atom. The zero-order valence-corrected chi connectivity index (χ0v) is 32.9. The van der Waals surface area contributed by atoms with Crippen LogP contribution in [0.2, 0.25) is 0 Å². The molecule has 13 aromatic rings. The minimum Gasteiger partial charge on any atom is -0.135 e. The van der Waals surface area contributed by atoms with Crippen molar-refractivity contribution >= 4 is 117 Å². The highest BCUT2D eigenvalue weighted by atomic mass is 32.1. The van der Waals surface area contributed by atoms with E-state index in [1.807, 2.05) is 22.7 Å². The number of hydrogen-bond donors (Lipinski definition) is 0. The zero-order valence-electron chi connectivity index (χ0n) is 31.3. The monoisotopic (exact) mass is 768 g/mol. The molecule has 0 atom stereocenters. The van der Waals surface area contributed by atoms with E-state index >= 15 is 0 Å². The summed E-state index contributed by atoms with van der Waals surface area (Å²) in [7, 11) is 0. The summed E-state index contributed by atoms with van der Waals surface area (Å²) in [5.74, 6) is 0. The van der Waals surface area contributed by atoms with Gasteiger partial charge in [-0.15, -0.1) is 22.7 Å². The fourth-order valence-corrected chi connectivity index (χ4v) is 12.1. The molecule has 2 aromatic heterocycles. The lowest BCUT2D eigenvalue weighted by Crippen LogP contribution is -1.93. The summed E-state index contributed by atoms with van der Waals surface area (Å²) < 4.78 is 5.37. The van der Waals surface area contributed by atoms with Gasteiger partial charge in [-0.3, -0.25) is 0 Å². The first kappa shape index (κ1) is 32.3. The van der Waals surface area contributed by atoms with E-state index in [0.717, 1.165) is 0 Å². The Morgan fingerprint density at radius 1 is 0.224 bits per heavy atom. The van der Waals surface area contributed by atoms with Gasteiger partial charge in [0.2, 0.25) is 0 Å². The quantitative estimate of drug-likeness (QED) is 0.157. The van der Waals surface area contributed by atoms with Gasteiger partial charge in [-0.25, -0.2) is 0 Å². The summed E-state index contributed by atoms with van der Waals surface area (Å²) in [5, 5.41) is 18.1. The van der Waals surface area contributed by atoms with E-state index in [4.69, 9.17) is 0 Å². The third-order valence-electron chi connectivity index (χ3n) is 12.4. The second-order valence-electron chi connectivity index (χ2n) is 15.5. The van der Waals surface area contributed by atoms with Crippen LogP contribution in [-0.4, -0.2) is 0 Å². The Hall–Kier alpha value is -6.84. The maximum absolute atomic E-state index is 2.43. The van der Waals surface area contributed by atoms with E-state index in [9.17, 15) is 0 Å². The van der Waals surface area contributed by atoms with Crippen LogP contribution in [0, 0.1) is 0 Å². The number of fused-ring (bicyclic) bond motifs is 11. The standard InChI is InChI=1S/C56H32S2/c1-2-14-37-33(12-1)13-11-22-42(37)55-43-18-5-7-20-45(43)56(46-21-8-6-19-44(46)55)47-26-25-38(39-15-3-4-16-40(39)47)34-24-27-52-49(28-34)50-30-35-29-48-41-17-9-10-23-51(41)57-53(48)31-36(35)32-54(50)58-52/h1-32H. The molecule has 0 radical (unpaired) electrons. The molecule has 0 aliphatic heterocycles. The van der Waals surface area contributed by atoms with Crippen molar-refractivity contribution < 1.29 is 0 Å². The number of thiophene rings is 2. The van der Waals surface area contributed by atoms with Crippen LogP contribution in [0.4, 0.5) is 0 Å². The molecule has 0 bridgehead atoms. The van der Waals surface area contributed by atoms with Crippen LogP contribution in [0.3, 0.4) is 0 Å². The molecule has 0 amide bonds. The Labute approximate surface area is 342 Å². The zero-order chi connectivity index (χ0) is 37.9. The van der Waals surface area contributed by atoms with Crippen LogP contribution in [0.1, 0.15) is 0 Å². The molecule has 0 unspecified atom stereocenters. The molecule has 11 aromatic carbocycles. The number of hydrogen-bond acceptors (Lipinski definition) is 2. The fraction of sp³-hybridized carbons (Fsp3) is 0. The first-order valence-electron chi connectivity index (χ1n) is 19.9. The lowest BCUT2D eigenvalue weighted by Gasteiger charge is -2.20. The second kappa shape index (κ2) is 12.3. The van der Waals surface area contributed by atoms with E-state index in [1.54, 1.807) is 0 Å². The van der Waals surface area contributed by atoms with Gasteiger partial charge in [0.1, 0.15) is 0 Å². The van der Waals surface area contributed by atoms with E-state index in [-0.39, 0.29) is 0 Å². The molecule has 268 valence electrons. The third-order valence-corrected chi connectivity index (χ3v) is 14.7. The van der Waals surface area contributed by atoms with Gasteiger partial charge in [0.15, 0.2) is 0 Å². The first-order valence-corrected chi connectivity index (χ1v) is 21.5. The van der Waals surface area contributed by atoms with Crippen LogP contribution in [0.5, 0.6) is 0 Å². The molecule has 0 aliphatic rings. The Bertz CT molecular complexity index is 3800. The fourth-order valence-electron chi connectivity index (χ4n) is 9.83. The van der Waals surface area contributed by atoms with Crippen molar-refractivity contribution in [3.63, 3.8) is 0 Å². The molecular weight excluding hydrogens is 737 g/mol. The van der Waals surface area contributed by atoms with Crippen molar-refractivity contribution in [1.29, 1.82) is 0 Å². The molecule has 58 heavy (non-hydrogen) atoms. The third kappa shape index (κ3) is 4.68. The number of benzene rings is 11. The summed E-state index contributed by atoms with van der Waals surface area (Å²) in [6.45, 7) is 0. The molecule has 13 rings (SSSR count). The molecular formula is C56H32S2. The van der Waals surface area contributed by atoms with Crippen molar-refractivity contribution in [3.8, 4) is 33.4 Å². The largest absolute Gasteiger partial charge is 0.135 e. The predicted molar refractivity (Wildman–Crippen MR) is 256 cm³/mol. The van der Waals surface area contributed by atoms with Gasteiger partial charge in [-0.05, 0) is 130 Å².